The number of piperidine rings is 1. The Kier molecular flexibility index (Phi) is 7.58. The Labute approximate surface area is 139 Å². The Morgan fingerprint density at radius 2 is 2.09 bits per heavy atom. The lowest BCUT2D eigenvalue weighted by molar-refractivity contribution is -0.125. The van der Waals surface area contributed by atoms with E-state index in [0.29, 0.717) is 25.3 Å². The van der Waals surface area contributed by atoms with E-state index in [4.69, 9.17) is 0 Å². The Morgan fingerprint density at radius 1 is 1.36 bits per heavy atom. The number of sulfonamides is 1. The van der Waals surface area contributed by atoms with Gasteiger partial charge in [-0.15, -0.1) is 12.4 Å². The minimum absolute atomic E-state index is 0. The number of amides is 1. The maximum atomic E-state index is 12.5. The van der Waals surface area contributed by atoms with Crippen LogP contribution in [0.3, 0.4) is 0 Å². The summed E-state index contributed by atoms with van der Waals surface area (Å²) in [5.41, 5.74) is 0. The van der Waals surface area contributed by atoms with Gasteiger partial charge in [0.15, 0.2) is 0 Å². The molecule has 2 aliphatic rings. The Morgan fingerprint density at radius 3 is 2.73 bits per heavy atom. The van der Waals surface area contributed by atoms with Crippen molar-refractivity contribution in [3.63, 3.8) is 0 Å². The highest BCUT2D eigenvalue weighted by molar-refractivity contribution is 7.89. The smallest absolute Gasteiger partial charge is 0.238 e. The number of hydrogen-bond donors (Lipinski definition) is 2. The maximum absolute atomic E-state index is 12.5. The van der Waals surface area contributed by atoms with Crippen molar-refractivity contribution < 1.29 is 13.2 Å². The highest BCUT2D eigenvalue weighted by atomic mass is 35.5. The van der Waals surface area contributed by atoms with E-state index in [2.05, 4.69) is 17.6 Å². The van der Waals surface area contributed by atoms with E-state index in [1.165, 1.54) is 4.31 Å². The van der Waals surface area contributed by atoms with E-state index in [1.807, 2.05) is 6.92 Å². The van der Waals surface area contributed by atoms with Crippen molar-refractivity contribution in [3.8, 4) is 0 Å². The Bertz CT molecular complexity index is 472. The summed E-state index contributed by atoms with van der Waals surface area (Å²) in [6.45, 7) is 6.23. The zero-order valence-corrected chi connectivity index (χ0v) is 15.0. The highest BCUT2D eigenvalue weighted by Crippen LogP contribution is 2.23. The van der Waals surface area contributed by atoms with Crippen molar-refractivity contribution in [2.45, 2.75) is 51.6 Å². The quantitative estimate of drug-likeness (QED) is 0.763. The van der Waals surface area contributed by atoms with Gasteiger partial charge in [0.05, 0.1) is 5.75 Å². The van der Waals surface area contributed by atoms with Crippen molar-refractivity contribution in [2.24, 2.45) is 5.92 Å². The van der Waals surface area contributed by atoms with Gasteiger partial charge in [-0.25, -0.2) is 8.42 Å². The maximum Gasteiger partial charge on any atom is 0.238 e. The first kappa shape index (κ1) is 19.7. The molecule has 2 heterocycles. The zero-order valence-electron chi connectivity index (χ0n) is 13.4. The van der Waals surface area contributed by atoms with Gasteiger partial charge >= 0.3 is 0 Å². The van der Waals surface area contributed by atoms with E-state index in [1.54, 1.807) is 0 Å². The highest BCUT2D eigenvalue weighted by Gasteiger charge is 2.39. The van der Waals surface area contributed by atoms with E-state index in [-0.39, 0.29) is 30.1 Å². The average molecular weight is 354 g/mol. The molecule has 0 saturated carbocycles. The standard InChI is InChI=1S/C14H27N3O3S.ClH/c1-3-9-21(19,20)17-8-4-5-13(17)14(18)16-12-6-7-15-10-11(12)2;/h11-13,15H,3-10H2,1-2H3,(H,16,18);1H. The third-order valence-corrected chi connectivity index (χ3v) is 6.51. The molecular weight excluding hydrogens is 326 g/mol. The first-order chi connectivity index (χ1) is 9.95. The number of rotatable bonds is 5. The van der Waals surface area contributed by atoms with Gasteiger partial charge < -0.3 is 10.6 Å². The van der Waals surface area contributed by atoms with Crippen LogP contribution in [-0.4, -0.2) is 56.1 Å². The van der Waals surface area contributed by atoms with Crippen molar-refractivity contribution in [1.82, 2.24) is 14.9 Å². The second-order valence-corrected chi connectivity index (χ2v) is 8.21. The number of nitrogens with one attached hydrogen (secondary N) is 2. The molecule has 2 aliphatic heterocycles. The molecule has 1 amide bonds. The molecule has 6 nitrogen and oxygen atoms in total. The Hall–Kier alpha value is -0.370. The van der Waals surface area contributed by atoms with Crippen LogP contribution in [0.5, 0.6) is 0 Å². The first-order valence-electron chi connectivity index (χ1n) is 7.96. The van der Waals surface area contributed by atoms with Gasteiger partial charge in [0.25, 0.3) is 0 Å². The first-order valence-corrected chi connectivity index (χ1v) is 9.57. The minimum Gasteiger partial charge on any atom is -0.352 e. The fourth-order valence-corrected chi connectivity index (χ4v) is 4.96. The summed E-state index contributed by atoms with van der Waals surface area (Å²) in [4.78, 5) is 12.5. The van der Waals surface area contributed by atoms with Crippen LogP contribution in [0, 0.1) is 5.92 Å². The van der Waals surface area contributed by atoms with Gasteiger partial charge in [0, 0.05) is 12.6 Å². The van der Waals surface area contributed by atoms with Crippen molar-refractivity contribution >= 4 is 28.3 Å². The van der Waals surface area contributed by atoms with Crippen molar-refractivity contribution in [3.05, 3.63) is 0 Å². The number of carbonyl (C=O) groups is 1. The van der Waals surface area contributed by atoms with Crippen molar-refractivity contribution in [2.75, 3.05) is 25.4 Å². The average Bonchev–Trinajstić information content (AvgIpc) is 2.91. The van der Waals surface area contributed by atoms with Crippen LogP contribution < -0.4 is 10.6 Å². The molecule has 0 radical (unpaired) electrons. The summed E-state index contributed by atoms with van der Waals surface area (Å²) in [6, 6.07) is -0.362. The minimum atomic E-state index is -3.30. The molecular formula is C14H28ClN3O3S. The van der Waals surface area contributed by atoms with Crippen molar-refractivity contribution in [1.29, 1.82) is 0 Å². The molecule has 3 atom stereocenters. The second-order valence-electron chi connectivity index (χ2n) is 6.17. The van der Waals surface area contributed by atoms with Gasteiger partial charge in [-0.05, 0) is 44.7 Å². The molecule has 2 N–H and O–H groups in total. The predicted molar refractivity (Wildman–Crippen MR) is 89.6 cm³/mol. The summed E-state index contributed by atoms with van der Waals surface area (Å²) >= 11 is 0. The summed E-state index contributed by atoms with van der Waals surface area (Å²) in [6.07, 6.45) is 2.89. The van der Waals surface area contributed by atoms with Crippen LogP contribution in [0.25, 0.3) is 0 Å². The molecule has 0 spiro atoms. The van der Waals surface area contributed by atoms with Gasteiger partial charge in [0.2, 0.25) is 15.9 Å². The number of carbonyl (C=O) groups excluding carboxylic acids is 1. The molecule has 2 rings (SSSR count). The van der Waals surface area contributed by atoms with E-state index >= 15 is 0 Å². The number of halogens is 1. The van der Waals surface area contributed by atoms with Crippen LogP contribution in [0.1, 0.15) is 39.5 Å². The monoisotopic (exact) mass is 353 g/mol. The van der Waals surface area contributed by atoms with Gasteiger partial charge in [0.1, 0.15) is 6.04 Å². The topological polar surface area (TPSA) is 78.5 Å². The number of nitrogens with zero attached hydrogens (tertiary/aromatic N) is 1. The molecule has 2 fully saturated rings. The molecule has 22 heavy (non-hydrogen) atoms. The summed E-state index contributed by atoms with van der Waals surface area (Å²) in [5, 5.41) is 6.37. The molecule has 0 aromatic heterocycles. The lowest BCUT2D eigenvalue weighted by Gasteiger charge is -2.32. The van der Waals surface area contributed by atoms with Gasteiger partial charge in [-0.1, -0.05) is 13.8 Å². The number of hydrogen-bond acceptors (Lipinski definition) is 4. The van der Waals surface area contributed by atoms with Crippen LogP contribution in [0.2, 0.25) is 0 Å². The molecule has 8 heteroatoms. The second kappa shape index (κ2) is 8.47. The summed E-state index contributed by atoms with van der Waals surface area (Å²) in [7, 11) is -3.30. The van der Waals surface area contributed by atoms with E-state index in [0.717, 1.165) is 25.9 Å². The third-order valence-electron chi connectivity index (χ3n) is 4.44. The van der Waals surface area contributed by atoms with Crippen LogP contribution in [0.15, 0.2) is 0 Å². The molecule has 3 unspecified atom stereocenters. The van der Waals surface area contributed by atoms with Crippen LogP contribution in [0.4, 0.5) is 0 Å². The van der Waals surface area contributed by atoms with E-state index in [9.17, 15) is 13.2 Å². The van der Waals surface area contributed by atoms with Gasteiger partial charge in [-0.3, -0.25) is 4.79 Å². The largest absolute Gasteiger partial charge is 0.352 e. The van der Waals surface area contributed by atoms with E-state index < -0.39 is 16.1 Å². The zero-order chi connectivity index (χ0) is 15.5. The summed E-state index contributed by atoms with van der Waals surface area (Å²) in [5.74, 6) is 0.385. The molecule has 0 aliphatic carbocycles. The fourth-order valence-electron chi connectivity index (χ4n) is 3.22. The predicted octanol–water partition coefficient (Wildman–Crippen LogP) is 0.727. The summed E-state index contributed by atoms with van der Waals surface area (Å²) < 4.78 is 25.9. The molecule has 0 bridgehead atoms. The fraction of sp³-hybridized carbons (Fsp3) is 0.929. The SMILES string of the molecule is CCCS(=O)(=O)N1CCCC1C(=O)NC1CCNCC1C.Cl. The lowest BCUT2D eigenvalue weighted by atomic mass is 9.95. The van der Waals surface area contributed by atoms with Gasteiger partial charge in [-0.2, -0.15) is 4.31 Å². The van der Waals surface area contributed by atoms with Crippen LogP contribution in [-0.2, 0) is 14.8 Å². The normalized spacial score (nSPS) is 29.8. The Balaban J connectivity index is 0.00000242. The molecule has 130 valence electrons. The van der Waals surface area contributed by atoms with Crippen LogP contribution >= 0.6 is 12.4 Å². The lowest BCUT2D eigenvalue weighted by Crippen LogP contribution is -2.53. The third kappa shape index (κ3) is 4.57. The molecule has 0 aromatic carbocycles. The molecule has 2 saturated heterocycles. The molecule has 0 aromatic rings.